The van der Waals surface area contributed by atoms with Gasteiger partial charge in [0, 0.05) is 24.9 Å². The number of nitrogens with two attached hydrogens (primary N) is 3. The van der Waals surface area contributed by atoms with Crippen molar-refractivity contribution in [2.75, 3.05) is 13.2 Å². The lowest BCUT2D eigenvalue weighted by Gasteiger charge is -2.26. The average Bonchev–Trinajstić information content (AvgIpc) is 3.30. The van der Waals surface area contributed by atoms with Gasteiger partial charge < -0.3 is 48.3 Å². The van der Waals surface area contributed by atoms with Crippen molar-refractivity contribution in [1.29, 1.82) is 0 Å². The third kappa shape index (κ3) is 10.4. The second-order valence-corrected chi connectivity index (χ2v) is 8.21. The highest BCUT2D eigenvalue weighted by Gasteiger charge is 2.31. The van der Waals surface area contributed by atoms with E-state index >= 15 is 0 Å². The summed E-state index contributed by atoms with van der Waals surface area (Å²) in [4.78, 5) is 59.7. The lowest BCUT2D eigenvalue weighted by atomic mass is 10.0. The second-order valence-electron chi connectivity index (χ2n) is 8.21. The highest BCUT2D eigenvalue weighted by molar-refractivity contribution is 5.94. The fourth-order valence-electron chi connectivity index (χ4n) is 2.99. The number of aliphatic hydroxyl groups is 1. The van der Waals surface area contributed by atoms with Gasteiger partial charge in [-0.25, -0.2) is 9.78 Å². The molecule has 0 saturated heterocycles. The van der Waals surface area contributed by atoms with Gasteiger partial charge in [0.15, 0.2) is 5.96 Å². The maximum atomic E-state index is 12.8. The first-order valence-electron chi connectivity index (χ1n) is 11.0. The molecule has 0 radical (unpaired) electrons. The molecule has 4 unspecified atom stereocenters. The molecule has 15 nitrogen and oxygen atoms in total. The first-order valence-corrected chi connectivity index (χ1v) is 11.0. The minimum atomic E-state index is -1.45. The number of nitrogens with one attached hydrogen (secondary N) is 4. The molecule has 35 heavy (non-hydrogen) atoms. The number of aliphatic imine (C=N–C) groups is 1. The number of carboxylic acid groups (broad SMARTS) is 1. The van der Waals surface area contributed by atoms with E-state index in [4.69, 9.17) is 17.2 Å². The van der Waals surface area contributed by atoms with E-state index in [1.807, 2.05) is 0 Å². The van der Waals surface area contributed by atoms with Gasteiger partial charge in [0.2, 0.25) is 17.7 Å². The van der Waals surface area contributed by atoms with Crippen molar-refractivity contribution in [2.45, 2.75) is 57.3 Å². The Kier molecular flexibility index (Phi) is 12.2. The van der Waals surface area contributed by atoms with Crippen molar-refractivity contribution in [3.63, 3.8) is 0 Å². The summed E-state index contributed by atoms with van der Waals surface area (Å²) in [5.41, 5.74) is 16.8. The third-order valence-electron chi connectivity index (χ3n) is 4.96. The Bertz CT molecular complexity index is 870. The highest BCUT2D eigenvalue weighted by atomic mass is 16.4. The Morgan fingerprint density at radius 1 is 1.09 bits per heavy atom. The molecular weight excluding hydrogens is 462 g/mol. The lowest BCUT2D eigenvalue weighted by Crippen LogP contribution is -2.59. The maximum Gasteiger partial charge on any atom is 0.326 e. The smallest absolute Gasteiger partial charge is 0.326 e. The van der Waals surface area contributed by atoms with Gasteiger partial charge in [-0.3, -0.25) is 19.4 Å². The molecule has 0 aliphatic rings. The number of hydrogen-bond donors (Lipinski definition) is 9. The van der Waals surface area contributed by atoms with Crippen molar-refractivity contribution in [3.05, 3.63) is 18.2 Å². The maximum absolute atomic E-state index is 12.8. The third-order valence-corrected chi connectivity index (χ3v) is 4.96. The Hall–Kier alpha value is -3.72. The van der Waals surface area contributed by atoms with Gasteiger partial charge in [-0.05, 0) is 18.8 Å². The number of carbonyl (C=O) groups is 4. The number of nitrogens with zero attached hydrogens (tertiary/aromatic N) is 2. The summed E-state index contributed by atoms with van der Waals surface area (Å²) in [5.74, 6) is -4.00. The largest absolute Gasteiger partial charge is 0.480 e. The first-order chi connectivity index (χ1) is 16.5. The summed E-state index contributed by atoms with van der Waals surface area (Å²) in [7, 11) is 0. The molecule has 15 heteroatoms. The normalized spacial score (nSPS) is 14.3. The van der Waals surface area contributed by atoms with Crippen LogP contribution in [-0.4, -0.2) is 87.2 Å². The van der Waals surface area contributed by atoms with Crippen LogP contribution in [0.15, 0.2) is 17.5 Å². The molecule has 0 aliphatic carbocycles. The number of amides is 3. The summed E-state index contributed by atoms with van der Waals surface area (Å²) in [6.07, 6.45) is 3.40. The molecule has 1 aromatic heterocycles. The minimum absolute atomic E-state index is 0.0713. The molecule has 1 heterocycles. The lowest BCUT2D eigenvalue weighted by molar-refractivity contribution is -0.142. The molecule has 3 amide bonds. The number of imidazole rings is 1. The monoisotopic (exact) mass is 497 g/mol. The summed E-state index contributed by atoms with van der Waals surface area (Å²) >= 11 is 0. The van der Waals surface area contributed by atoms with E-state index in [2.05, 4.69) is 30.9 Å². The number of aliphatic hydroxyl groups excluding tert-OH is 1. The summed E-state index contributed by atoms with van der Waals surface area (Å²) in [6.45, 7) is 2.85. The Labute approximate surface area is 202 Å². The standard InChI is InChI=1S/C20H35N9O6/c1-10(2)15(29-16(31)12(21)4-3-5-25-20(22)23)18(33)28-14(8-30)17(32)27-13(19(34)35)6-11-7-24-9-26-11/h7,9-10,12-15,30H,3-6,8,21H2,1-2H3,(H,24,26)(H,27,32)(H,28,33)(H,29,31)(H,34,35)(H4,22,23,25). The van der Waals surface area contributed by atoms with Gasteiger partial charge in [-0.1, -0.05) is 13.8 Å². The number of carboxylic acids is 1. The van der Waals surface area contributed by atoms with Crippen molar-refractivity contribution in [1.82, 2.24) is 25.9 Å². The molecule has 196 valence electrons. The fraction of sp³-hybridized carbons (Fsp3) is 0.600. The van der Waals surface area contributed by atoms with Crippen molar-refractivity contribution >= 4 is 29.7 Å². The van der Waals surface area contributed by atoms with Gasteiger partial charge in [-0.15, -0.1) is 0 Å². The van der Waals surface area contributed by atoms with Crippen LogP contribution in [0, 0.1) is 5.92 Å². The van der Waals surface area contributed by atoms with Crippen molar-refractivity contribution in [3.8, 4) is 0 Å². The molecule has 0 saturated carbocycles. The Morgan fingerprint density at radius 2 is 1.74 bits per heavy atom. The number of hydrogen-bond acceptors (Lipinski definition) is 8. The SMILES string of the molecule is CC(C)C(NC(=O)C(N)CCCN=C(N)N)C(=O)NC(CO)C(=O)NC(Cc1cnc[nH]1)C(=O)O. The number of aromatic nitrogens is 2. The van der Waals surface area contributed by atoms with Crippen LogP contribution in [0.5, 0.6) is 0 Å². The first kappa shape index (κ1) is 29.3. The molecule has 1 rings (SSSR count). The predicted octanol–water partition coefficient (Wildman–Crippen LogP) is -3.48. The fourth-order valence-corrected chi connectivity index (χ4v) is 2.99. The van der Waals surface area contributed by atoms with E-state index < -0.39 is 54.5 Å². The zero-order valence-corrected chi connectivity index (χ0v) is 19.7. The van der Waals surface area contributed by atoms with Crippen LogP contribution in [0.1, 0.15) is 32.4 Å². The number of rotatable bonds is 15. The number of carbonyl (C=O) groups excluding carboxylic acids is 3. The van der Waals surface area contributed by atoms with Gasteiger partial charge in [0.25, 0.3) is 0 Å². The summed E-state index contributed by atoms with van der Waals surface area (Å²) in [6, 6.07) is -4.76. The molecule has 12 N–H and O–H groups in total. The number of aliphatic carboxylic acids is 1. The quantitative estimate of drug-likeness (QED) is 0.0656. The number of H-pyrrole nitrogens is 1. The van der Waals surface area contributed by atoms with E-state index in [1.54, 1.807) is 13.8 Å². The van der Waals surface area contributed by atoms with Crippen LogP contribution in [0.4, 0.5) is 0 Å². The van der Waals surface area contributed by atoms with Gasteiger partial charge >= 0.3 is 5.97 Å². The van der Waals surface area contributed by atoms with Crippen LogP contribution < -0.4 is 33.2 Å². The van der Waals surface area contributed by atoms with Crippen LogP contribution >= 0.6 is 0 Å². The summed E-state index contributed by atoms with van der Waals surface area (Å²) in [5, 5.41) is 26.2. The molecule has 4 atom stereocenters. The van der Waals surface area contributed by atoms with Crippen LogP contribution in [0.25, 0.3) is 0 Å². The molecule has 0 spiro atoms. The van der Waals surface area contributed by atoms with E-state index in [1.165, 1.54) is 12.5 Å². The average molecular weight is 498 g/mol. The van der Waals surface area contributed by atoms with Crippen LogP contribution in [0.3, 0.4) is 0 Å². The van der Waals surface area contributed by atoms with E-state index in [0.29, 0.717) is 18.7 Å². The molecule has 0 aromatic carbocycles. The van der Waals surface area contributed by atoms with Crippen molar-refractivity contribution < 1.29 is 29.4 Å². The van der Waals surface area contributed by atoms with E-state index in [-0.39, 0.29) is 24.7 Å². The second kappa shape index (κ2) is 14.5. The topological polar surface area (TPSA) is 264 Å². The highest BCUT2D eigenvalue weighted by Crippen LogP contribution is 2.05. The number of aromatic amines is 1. The van der Waals surface area contributed by atoms with E-state index in [9.17, 15) is 29.4 Å². The molecule has 0 bridgehead atoms. The zero-order chi connectivity index (χ0) is 26.5. The van der Waals surface area contributed by atoms with Gasteiger partial charge in [-0.2, -0.15) is 0 Å². The zero-order valence-electron chi connectivity index (χ0n) is 19.7. The molecule has 0 fully saturated rings. The predicted molar refractivity (Wildman–Crippen MR) is 126 cm³/mol. The summed E-state index contributed by atoms with van der Waals surface area (Å²) < 4.78 is 0. The molecule has 0 aliphatic heterocycles. The van der Waals surface area contributed by atoms with E-state index in [0.717, 1.165) is 0 Å². The van der Waals surface area contributed by atoms with Gasteiger partial charge in [0.1, 0.15) is 18.1 Å². The molecular formula is C20H35N9O6. The Balaban J connectivity index is 2.74. The minimum Gasteiger partial charge on any atom is -0.480 e. The van der Waals surface area contributed by atoms with Gasteiger partial charge in [0.05, 0.1) is 19.0 Å². The number of guanidine groups is 1. The van der Waals surface area contributed by atoms with Crippen LogP contribution in [0.2, 0.25) is 0 Å². The van der Waals surface area contributed by atoms with Crippen molar-refractivity contribution in [2.24, 2.45) is 28.1 Å². The molecule has 1 aromatic rings. The van der Waals surface area contributed by atoms with Crippen LogP contribution in [-0.2, 0) is 25.6 Å². The Morgan fingerprint density at radius 3 is 2.26 bits per heavy atom.